The molecule has 0 aromatic rings. The first kappa shape index (κ1) is 12.1. The van der Waals surface area contributed by atoms with Crippen molar-refractivity contribution in [3.8, 4) is 6.19 Å². The number of hydrogen-bond donors (Lipinski definition) is 5. The first-order valence-corrected chi connectivity index (χ1v) is 6.13. The number of nitriles is 1. The number of nitrogens with zero attached hydrogens (tertiary/aromatic N) is 1. The second-order valence-corrected chi connectivity index (χ2v) is 4.43. The molecular formula is C10H21N6O+3. The van der Waals surface area contributed by atoms with Crippen molar-refractivity contribution in [3.63, 3.8) is 0 Å². The molecule has 94 valence electrons. The molecular weight excluding hydrogens is 220 g/mol. The van der Waals surface area contributed by atoms with Crippen molar-refractivity contribution >= 4 is 5.96 Å². The summed E-state index contributed by atoms with van der Waals surface area (Å²) in [5.41, 5.74) is 0. The van der Waals surface area contributed by atoms with E-state index >= 15 is 0 Å². The molecule has 2 aliphatic rings. The molecule has 0 aliphatic carbocycles. The summed E-state index contributed by atoms with van der Waals surface area (Å²) in [7, 11) is 0. The van der Waals surface area contributed by atoms with Gasteiger partial charge in [0.05, 0.1) is 13.2 Å². The highest BCUT2D eigenvalue weighted by Crippen LogP contribution is 1.73. The molecule has 2 aliphatic heterocycles. The van der Waals surface area contributed by atoms with Crippen molar-refractivity contribution in [2.24, 2.45) is 0 Å². The van der Waals surface area contributed by atoms with Crippen LogP contribution in [0.15, 0.2) is 0 Å². The van der Waals surface area contributed by atoms with Crippen LogP contribution in [-0.2, 0) is 4.74 Å². The number of ether oxygens (including phenoxy) is 1. The van der Waals surface area contributed by atoms with Gasteiger partial charge in [-0.15, -0.1) is 0 Å². The fourth-order valence-electron chi connectivity index (χ4n) is 2.14. The van der Waals surface area contributed by atoms with Crippen LogP contribution < -0.4 is 25.4 Å². The molecule has 7 nitrogen and oxygen atoms in total. The Morgan fingerprint density at radius 3 is 2.76 bits per heavy atom. The van der Waals surface area contributed by atoms with Crippen LogP contribution in [0, 0.1) is 11.5 Å². The van der Waals surface area contributed by atoms with E-state index in [0.29, 0.717) is 0 Å². The van der Waals surface area contributed by atoms with Crippen LogP contribution in [-0.4, -0.2) is 58.7 Å². The zero-order valence-corrected chi connectivity index (χ0v) is 10.0. The highest BCUT2D eigenvalue weighted by Gasteiger charge is 2.22. The van der Waals surface area contributed by atoms with Crippen LogP contribution in [0.3, 0.4) is 0 Å². The van der Waals surface area contributed by atoms with Gasteiger partial charge in [0, 0.05) is 0 Å². The molecule has 7 heteroatoms. The molecule has 1 unspecified atom stereocenters. The van der Waals surface area contributed by atoms with E-state index in [1.807, 2.05) is 6.19 Å². The number of nitrogens with one attached hydrogen (secondary N) is 5. The number of quaternary nitrogens is 2. The van der Waals surface area contributed by atoms with Crippen LogP contribution in [0.2, 0.25) is 0 Å². The Bertz CT molecular complexity index is 306. The molecule has 0 radical (unpaired) electrons. The lowest BCUT2D eigenvalue weighted by atomic mass is 10.4. The van der Waals surface area contributed by atoms with E-state index in [9.17, 15) is 0 Å². The molecule has 0 aromatic carbocycles. The van der Waals surface area contributed by atoms with E-state index in [0.717, 1.165) is 52.1 Å². The normalized spacial score (nSPS) is 25.6. The molecule has 2 heterocycles. The fourth-order valence-corrected chi connectivity index (χ4v) is 2.14. The van der Waals surface area contributed by atoms with Gasteiger partial charge >= 0.3 is 5.96 Å². The average Bonchev–Trinajstić information content (AvgIpc) is 2.40. The lowest BCUT2D eigenvalue weighted by molar-refractivity contribution is -1.01. The Hall–Kier alpha value is -1.36. The number of rotatable bonds is 3. The van der Waals surface area contributed by atoms with Crippen LogP contribution in [0.1, 0.15) is 0 Å². The maximum absolute atomic E-state index is 8.47. The van der Waals surface area contributed by atoms with Crippen molar-refractivity contribution in [1.29, 1.82) is 5.26 Å². The van der Waals surface area contributed by atoms with Gasteiger partial charge in [0.1, 0.15) is 26.2 Å². The summed E-state index contributed by atoms with van der Waals surface area (Å²) >= 11 is 0. The minimum atomic E-state index is 0.718. The van der Waals surface area contributed by atoms with Gasteiger partial charge in [-0.25, -0.2) is 10.3 Å². The highest BCUT2D eigenvalue weighted by atomic mass is 16.5. The number of guanidine groups is 1. The minimum absolute atomic E-state index is 0.718. The van der Waals surface area contributed by atoms with Crippen molar-refractivity contribution in [1.82, 2.24) is 10.6 Å². The number of morpholine rings is 1. The van der Waals surface area contributed by atoms with E-state index in [1.54, 1.807) is 4.90 Å². The van der Waals surface area contributed by atoms with Crippen molar-refractivity contribution in [2.45, 2.75) is 0 Å². The van der Waals surface area contributed by atoms with E-state index in [-0.39, 0.29) is 0 Å². The second-order valence-electron chi connectivity index (χ2n) is 4.43. The summed E-state index contributed by atoms with van der Waals surface area (Å²) < 4.78 is 5.34. The summed E-state index contributed by atoms with van der Waals surface area (Å²) in [6.45, 7) is 8.08. The average molecular weight is 241 g/mol. The third-order valence-corrected chi connectivity index (χ3v) is 3.24. The van der Waals surface area contributed by atoms with Crippen molar-refractivity contribution in [2.75, 3.05) is 52.7 Å². The first-order chi connectivity index (χ1) is 8.38. The largest absolute Gasteiger partial charge is 0.370 e. The summed E-state index contributed by atoms with van der Waals surface area (Å²) in [6.07, 6.45) is 1.90. The minimum Gasteiger partial charge on any atom is -0.370 e. The maximum Gasteiger partial charge on any atom is 0.366 e. The third kappa shape index (κ3) is 3.85. The van der Waals surface area contributed by atoms with Crippen molar-refractivity contribution < 1.29 is 19.5 Å². The molecule has 2 rings (SSSR count). The SMILES string of the molecule is N#CNC1=[NH+]C[NH+](CC[NH+]2CCOCC2)CN1. The summed E-state index contributed by atoms with van der Waals surface area (Å²) in [4.78, 5) is 6.26. The van der Waals surface area contributed by atoms with E-state index in [1.165, 1.54) is 11.4 Å². The molecule has 0 aromatic heterocycles. The van der Waals surface area contributed by atoms with E-state index in [4.69, 9.17) is 10.00 Å². The Morgan fingerprint density at radius 1 is 1.35 bits per heavy atom. The molecule has 0 bridgehead atoms. The van der Waals surface area contributed by atoms with E-state index in [2.05, 4.69) is 15.6 Å². The van der Waals surface area contributed by atoms with Crippen LogP contribution in [0.4, 0.5) is 0 Å². The van der Waals surface area contributed by atoms with Crippen LogP contribution in [0.25, 0.3) is 0 Å². The van der Waals surface area contributed by atoms with Gasteiger partial charge in [-0.05, 0) is 0 Å². The van der Waals surface area contributed by atoms with Crippen LogP contribution >= 0.6 is 0 Å². The topological polar surface area (TPSA) is 79.9 Å². The fraction of sp³-hybridized carbons (Fsp3) is 0.800. The molecule has 17 heavy (non-hydrogen) atoms. The smallest absolute Gasteiger partial charge is 0.366 e. The predicted molar refractivity (Wildman–Crippen MR) is 59.8 cm³/mol. The Morgan fingerprint density at radius 2 is 2.12 bits per heavy atom. The molecule has 0 amide bonds. The zero-order valence-electron chi connectivity index (χ0n) is 10.0. The van der Waals surface area contributed by atoms with Gasteiger partial charge in [-0.3, -0.25) is 4.90 Å². The molecule has 0 saturated carbocycles. The maximum atomic E-state index is 8.47. The molecule has 1 fully saturated rings. The van der Waals surface area contributed by atoms with Crippen LogP contribution in [0.5, 0.6) is 0 Å². The van der Waals surface area contributed by atoms with Gasteiger partial charge in [0.25, 0.3) is 6.19 Å². The van der Waals surface area contributed by atoms with Gasteiger partial charge in [-0.2, -0.15) is 10.6 Å². The molecule has 5 N–H and O–H groups in total. The third-order valence-electron chi connectivity index (χ3n) is 3.24. The van der Waals surface area contributed by atoms with Gasteiger partial charge in [0.15, 0.2) is 13.3 Å². The quantitative estimate of drug-likeness (QED) is 0.252. The summed E-state index contributed by atoms with van der Waals surface area (Å²) in [5.74, 6) is 0.718. The van der Waals surface area contributed by atoms with Gasteiger partial charge < -0.3 is 9.64 Å². The second kappa shape index (κ2) is 6.39. The Kier molecular flexibility index (Phi) is 4.55. The zero-order chi connectivity index (χ0) is 11.9. The lowest BCUT2D eigenvalue weighted by Crippen LogP contribution is -3.27. The first-order valence-electron chi connectivity index (χ1n) is 6.13. The number of hydrogen-bond acceptors (Lipinski definition) is 4. The Balaban J connectivity index is 1.66. The van der Waals surface area contributed by atoms with Crippen molar-refractivity contribution in [3.05, 3.63) is 0 Å². The van der Waals surface area contributed by atoms with Gasteiger partial charge in [0.2, 0.25) is 0 Å². The monoisotopic (exact) mass is 241 g/mol. The summed E-state index contributed by atoms with van der Waals surface area (Å²) in [5, 5.41) is 14.2. The molecule has 1 saturated heterocycles. The predicted octanol–water partition coefficient (Wildman–Crippen LogP) is -6.19. The highest BCUT2D eigenvalue weighted by molar-refractivity contribution is 5.75. The standard InChI is InChI=1S/C10H18N6O/c11-7-12-10-13-8-16(9-14-10)2-1-15-3-5-17-6-4-15/h1-6,8-9H2,(H2,12,13,14)/p+3. The van der Waals surface area contributed by atoms with Gasteiger partial charge in [-0.1, -0.05) is 0 Å². The Labute approximate surface area is 101 Å². The molecule has 0 spiro atoms. The lowest BCUT2D eigenvalue weighted by Gasteiger charge is -2.26. The molecule has 1 atom stereocenters. The van der Waals surface area contributed by atoms with E-state index < -0.39 is 0 Å². The summed E-state index contributed by atoms with van der Waals surface area (Å²) in [6, 6.07) is 0.